The van der Waals surface area contributed by atoms with Gasteiger partial charge >= 0.3 is 6.03 Å². The lowest BCUT2D eigenvalue weighted by atomic mass is 10.2. The van der Waals surface area contributed by atoms with Crippen LogP contribution in [0, 0.1) is 0 Å². The summed E-state index contributed by atoms with van der Waals surface area (Å²) in [6, 6.07) is 11.1. The van der Waals surface area contributed by atoms with Gasteiger partial charge in [-0.15, -0.1) is 0 Å². The number of para-hydroxylation sites is 1. The third-order valence-corrected chi connectivity index (χ3v) is 4.72. The summed E-state index contributed by atoms with van der Waals surface area (Å²) in [7, 11) is 1.96. The number of aryl methyl sites for hydroxylation is 1. The van der Waals surface area contributed by atoms with Gasteiger partial charge in [0, 0.05) is 50.3 Å². The minimum Gasteiger partial charge on any atom is -0.459 e. The van der Waals surface area contributed by atoms with Gasteiger partial charge in [-0.3, -0.25) is 4.79 Å². The molecular formula is C19H20N4O3. The first-order valence-electron chi connectivity index (χ1n) is 8.56. The van der Waals surface area contributed by atoms with Gasteiger partial charge in [0.15, 0.2) is 5.76 Å². The number of carbonyl (C=O) groups excluding carboxylic acids is 2. The van der Waals surface area contributed by atoms with E-state index < -0.39 is 0 Å². The summed E-state index contributed by atoms with van der Waals surface area (Å²) in [4.78, 5) is 28.3. The van der Waals surface area contributed by atoms with Crippen molar-refractivity contribution in [2.75, 3.05) is 31.5 Å². The zero-order valence-electron chi connectivity index (χ0n) is 14.5. The highest BCUT2D eigenvalue weighted by molar-refractivity contribution is 6.01. The molecule has 0 atom stereocenters. The van der Waals surface area contributed by atoms with E-state index in [2.05, 4.69) is 5.32 Å². The first-order chi connectivity index (χ1) is 12.6. The van der Waals surface area contributed by atoms with Gasteiger partial charge in [-0.05, 0) is 18.2 Å². The minimum absolute atomic E-state index is 0.135. The van der Waals surface area contributed by atoms with Crippen LogP contribution in [0.1, 0.15) is 10.6 Å². The van der Waals surface area contributed by atoms with Crippen LogP contribution in [0.25, 0.3) is 10.9 Å². The van der Waals surface area contributed by atoms with Gasteiger partial charge < -0.3 is 24.1 Å². The second kappa shape index (κ2) is 6.59. The average molecular weight is 352 g/mol. The third-order valence-electron chi connectivity index (χ3n) is 4.72. The molecular weight excluding hydrogens is 332 g/mol. The number of aromatic nitrogens is 1. The number of piperazine rings is 1. The van der Waals surface area contributed by atoms with Gasteiger partial charge in [0.05, 0.1) is 12.0 Å². The fourth-order valence-electron chi connectivity index (χ4n) is 3.30. The van der Waals surface area contributed by atoms with E-state index >= 15 is 0 Å². The van der Waals surface area contributed by atoms with Crippen LogP contribution in [0.2, 0.25) is 0 Å². The number of carbonyl (C=O) groups is 2. The number of anilines is 1. The summed E-state index contributed by atoms with van der Waals surface area (Å²) in [6.07, 6.45) is 3.40. The first kappa shape index (κ1) is 16.3. The molecule has 1 fully saturated rings. The Labute approximate surface area is 150 Å². The highest BCUT2D eigenvalue weighted by Gasteiger charge is 2.26. The Morgan fingerprint density at radius 2 is 1.73 bits per heavy atom. The minimum atomic E-state index is -0.147. The molecule has 4 rings (SSSR count). The molecule has 2 aromatic heterocycles. The quantitative estimate of drug-likeness (QED) is 0.771. The number of urea groups is 1. The van der Waals surface area contributed by atoms with E-state index in [1.807, 2.05) is 42.1 Å². The van der Waals surface area contributed by atoms with Crippen LogP contribution >= 0.6 is 0 Å². The lowest BCUT2D eigenvalue weighted by Crippen LogP contribution is -2.51. The molecule has 134 valence electrons. The first-order valence-corrected chi connectivity index (χ1v) is 8.56. The Bertz CT molecular complexity index is 937. The van der Waals surface area contributed by atoms with Crippen LogP contribution in [0.3, 0.4) is 0 Å². The second-order valence-corrected chi connectivity index (χ2v) is 6.36. The Morgan fingerprint density at radius 3 is 2.46 bits per heavy atom. The summed E-state index contributed by atoms with van der Waals surface area (Å²) in [5, 5.41) is 4.00. The number of amides is 3. The summed E-state index contributed by atoms with van der Waals surface area (Å²) >= 11 is 0. The highest BCUT2D eigenvalue weighted by atomic mass is 16.3. The van der Waals surface area contributed by atoms with Gasteiger partial charge in [-0.1, -0.05) is 18.2 Å². The number of furan rings is 1. The highest BCUT2D eigenvalue weighted by Crippen LogP contribution is 2.25. The Morgan fingerprint density at radius 1 is 1.00 bits per heavy atom. The fourth-order valence-corrected chi connectivity index (χ4v) is 3.30. The maximum Gasteiger partial charge on any atom is 0.322 e. The molecule has 0 radical (unpaired) electrons. The smallest absolute Gasteiger partial charge is 0.322 e. The zero-order valence-corrected chi connectivity index (χ0v) is 14.5. The molecule has 7 heteroatoms. The van der Waals surface area contributed by atoms with E-state index in [0.29, 0.717) is 31.9 Å². The van der Waals surface area contributed by atoms with E-state index in [1.165, 1.54) is 6.26 Å². The molecule has 7 nitrogen and oxygen atoms in total. The molecule has 1 saturated heterocycles. The lowest BCUT2D eigenvalue weighted by molar-refractivity contribution is 0.0640. The molecule has 3 heterocycles. The predicted molar refractivity (Wildman–Crippen MR) is 98.1 cm³/mol. The second-order valence-electron chi connectivity index (χ2n) is 6.36. The van der Waals surface area contributed by atoms with Crippen molar-refractivity contribution < 1.29 is 14.0 Å². The maximum atomic E-state index is 12.6. The van der Waals surface area contributed by atoms with Crippen molar-refractivity contribution in [3.8, 4) is 0 Å². The van der Waals surface area contributed by atoms with Gasteiger partial charge in [-0.2, -0.15) is 0 Å². The van der Waals surface area contributed by atoms with Crippen molar-refractivity contribution >= 4 is 28.5 Å². The summed E-state index contributed by atoms with van der Waals surface area (Å²) in [5.74, 6) is 0.197. The van der Waals surface area contributed by atoms with Crippen molar-refractivity contribution in [1.82, 2.24) is 14.4 Å². The number of nitrogens with zero attached hydrogens (tertiary/aromatic N) is 3. The largest absolute Gasteiger partial charge is 0.459 e. The summed E-state index contributed by atoms with van der Waals surface area (Å²) in [6.45, 7) is 1.96. The molecule has 1 aliphatic heterocycles. The van der Waals surface area contributed by atoms with Crippen molar-refractivity contribution in [3.63, 3.8) is 0 Å². The van der Waals surface area contributed by atoms with Crippen LogP contribution in [-0.2, 0) is 7.05 Å². The summed E-state index contributed by atoms with van der Waals surface area (Å²) in [5.41, 5.74) is 1.86. The Kier molecular flexibility index (Phi) is 4.12. The molecule has 1 aliphatic rings. The van der Waals surface area contributed by atoms with E-state index in [1.54, 1.807) is 21.9 Å². The van der Waals surface area contributed by atoms with Gasteiger partial charge in [0.2, 0.25) is 0 Å². The van der Waals surface area contributed by atoms with Crippen molar-refractivity contribution in [2.45, 2.75) is 0 Å². The van der Waals surface area contributed by atoms with Gasteiger partial charge in [0.25, 0.3) is 5.91 Å². The van der Waals surface area contributed by atoms with E-state index in [4.69, 9.17) is 4.42 Å². The Hall–Kier alpha value is -3.22. The molecule has 3 aromatic rings. The third kappa shape index (κ3) is 2.92. The number of hydrogen-bond acceptors (Lipinski definition) is 3. The molecule has 3 amide bonds. The molecule has 1 aromatic carbocycles. The van der Waals surface area contributed by atoms with Crippen molar-refractivity contribution in [3.05, 3.63) is 54.6 Å². The zero-order chi connectivity index (χ0) is 18.1. The van der Waals surface area contributed by atoms with Crippen LogP contribution in [0.5, 0.6) is 0 Å². The van der Waals surface area contributed by atoms with Crippen LogP contribution in [0.4, 0.5) is 10.5 Å². The monoisotopic (exact) mass is 352 g/mol. The fraction of sp³-hybridized carbons (Fsp3) is 0.263. The van der Waals surface area contributed by atoms with Crippen LogP contribution in [0.15, 0.2) is 53.3 Å². The number of fused-ring (bicyclic) bond motifs is 1. The van der Waals surface area contributed by atoms with Crippen molar-refractivity contribution in [1.29, 1.82) is 0 Å². The van der Waals surface area contributed by atoms with Gasteiger partial charge in [0.1, 0.15) is 0 Å². The molecule has 0 unspecified atom stereocenters. The lowest BCUT2D eigenvalue weighted by Gasteiger charge is -2.34. The van der Waals surface area contributed by atoms with E-state index in [9.17, 15) is 9.59 Å². The number of benzene rings is 1. The average Bonchev–Trinajstić information content (AvgIpc) is 3.31. The molecule has 0 saturated carbocycles. The van der Waals surface area contributed by atoms with Crippen LogP contribution in [-0.4, -0.2) is 52.5 Å². The maximum absolute atomic E-state index is 12.6. The molecule has 26 heavy (non-hydrogen) atoms. The normalized spacial score (nSPS) is 14.7. The SMILES string of the molecule is Cn1cc(NC(=O)N2CCN(C(=O)c3ccco3)CC2)c2ccccc21. The van der Waals surface area contributed by atoms with Crippen molar-refractivity contribution in [2.24, 2.45) is 7.05 Å². The molecule has 1 N–H and O–H groups in total. The van der Waals surface area contributed by atoms with Gasteiger partial charge in [-0.25, -0.2) is 4.79 Å². The molecule has 0 aliphatic carbocycles. The standard InChI is InChI=1S/C19H20N4O3/c1-21-13-15(14-5-2-3-6-16(14)21)20-19(25)23-10-8-22(9-11-23)18(24)17-7-4-12-26-17/h2-7,12-13H,8-11H2,1H3,(H,20,25). The molecule has 0 bridgehead atoms. The predicted octanol–water partition coefficient (Wildman–Crippen LogP) is 2.76. The number of hydrogen-bond donors (Lipinski definition) is 1. The Balaban J connectivity index is 1.40. The molecule has 0 spiro atoms. The summed E-state index contributed by atoms with van der Waals surface area (Å²) < 4.78 is 7.15. The number of nitrogens with one attached hydrogen (secondary N) is 1. The topological polar surface area (TPSA) is 70.7 Å². The van der Waals surface area contributed by atoms with Crippen LogP contribution < -0.4 is 5.32 Å². The van der Waals surface area contributed by atoms with E-state index in [-0.39, 0.29) is 11.9 Å². The number of rotatable bonds is 2. The van der Waals surface area contributed by atoms with E-state index in [0.717, 1.165) is 16.6 Å².